The summed E-state index contributed by atoms with van der Waals surface area (Å²) in [6.07, 6.45) is -6.93. The molecule has 0 aromatic heterocycles. The quantitative estimate of drug-likeness (QED) is 0.0522. The van der Waals surface area contributed by atoms with Crippen LogP contribution in [-0.4, -0.2) is 157 Å². The van der Waals surface area contributed by atoms with Crippen LogP contribution in [0.25, 0.3) is 0 Å². The Hall–Kier alpha value is -8.74. The van der Waals surface area contributed by atoms with Crippen LogP contribution >= 0.6 is 0 Å². The molecule has 0 spiro atoms. The Bertz CT molecular complexity index is 3090. The number of halogens is 6. The van der Waals surface area contributed by atoms with Crippen LogP contribution in [0.4, 0.5) is 47.3 Å². The normalized spacial score (nSPS) is 18.4. The number of carbonyl (C=O) groups is 6. The Balaban J connectivity index is 0.860. The molecule has 4 aromatic rings. The van der Waals surface area contributed by atoms with Crippen LogP contribution in [0, 0.1) is 22.7 Å². The van der Waals surface area contributed by atoms with Gasteiger partial charge in [0.05, 0.1) is 82.2 Å². The standard InChI is InChI=1S/C61H64F6N10O8/c1-5-84-56(80)52-40(3)76(48-14-10-12-46(34-48)60(62,63)64)58(82)74(54(52)44-20-16-42(36-68)17-21-44)38-50(78)72-30-26-70(27-31-72)24-8-7-9-25-71-28-32-73(33-29-71)51(79)39-75-55(45-22-18-43(37-69)19-23-45)53(57(81)85-6-2)41(4)77(59(75)83)49-15-11-13-47(35-49)61(65,66)67/h10-23,34-35,54-55H,5-9,24-33,38-39H2,1-4H3. The number of hydrogen-bond acceptors (Lipinski definition) is 12. The van der Waals surface area contributed by atoms with Crippen molar-refractivity contribution in [2.24, 2.45) is 0 Å². The molecule has 0 bridgehead atoms. The predicted molar refractivity (Wildman–Crippen MR) is 298 cm³/mol. The van der Waals surface area contributed by atoms with Crippen molar-refractivity contribution in [1.29, 1.82) is 10.5 Å². The lowest BCUT2D eigenvalue weighted by Gasteiger charge is -2.43. The maximum absolute atomic E-state index is 14.7. The van der Waals surface area contributed by atoms with Gasteiger partial charge >= 0.3 is 36.4 Å². The van der Waals surface area contributed by atoms with E-state index in [9.17, 15) is 65.6 Å². The van der Waals surface area contributed by atoms with E-state index in [4.69, 9.17) is 9.47 Å². The smallest absolute Gasteiger partial charge is 0.416 e. The van der Waals surface area contributed by atoms with Gasteiger partial charge in [0.1, 0.15) is 13.1 Å². The topological polar surface area (TPSA) is 194 Å². The largest absolute Gasteiger partial charge is 0.463 e. The number of hydrogen-bond donors (Lipinski definition) is 0. The molecule has 24 heteroatoms. The molecule has 0 N–H and O–H groups in total. The van der Waals surface area contributed by atoms with Crippen molar-refractivity contribution in [3.63, 3.8) is 0 Å². The summed E-state index contributed by atoms with van der Waals surface area (Å²) in [7, 11) is 0. The summed E-state index contributed by atoms with van der Waals surface area (Å²) in [5.41, 5.74) is -1.12. The summed E-state index contributed by atoms with van der Waals surface area (Å²) in [4.78, 5) is 97.4. The van der Waals surface area contributed by atoms with Crippen LogP contribution in [0.5, 0.6) is 0 Å². The lowest BCUT2D eigenvalue weighted by Crippen LogP contribution is -2.56. The van der Waals surface area contributed by atoms with Gasteiger partial charge in [0, 0.05) is 63.8 Å². The lowest BCUT2D eigenvalue weighted by atomic mass is 9.92. The first kappa shape index (κ1) is 62.3. The van der Waals surface area contributed by atoms with Crippen molar-refractivity contribution in [3.05, 3.63) is 153 Å². The first-order chi connectivity index (χ1) is 40.6. The number of amides is 6. The molecule has 6 amide bonds. The Kier molecular flexibility index (Phi) is 19.7. The molecule has 2 unspecified atom stereocenters. The third-order valence-electron chi connectivity index (χ3n) is 15.6. The monoisotopic (exact) mass is 1180 g/mol. The highest BCUT2D eigenvalue weighted by Gasteiger charge is 2.47. The fraction of sp³-hybridized carbons (Fsp3) is 0.410. The average molecular weight is 1180 g/mol. The van der Waals surface area contributed by atoms with Gasteiger partial charge in [-0.1, -0.05) is 42.8 Å². The molecule has 2 atom stereocenters. The Labute approximate surface area is 488 Å². The molecular weight excluding hydrogens is 1110 g/mol. The zero-order chi connectivity index (χ0) is 61.3. The molecule has 2 fully saturated rings. The van der Waals surface area contributed by atoms with Crippen molar-refractivity contribution in [2.45, 2.75) is 71.4 Å². The molecule has 4 aromatic carbocycles. The van der Waals surface area contributed by atoms with E-state index in [-0.39, 0.29) is 47.1 Å². The summed E-state index contributed by atoms with van der Waals surface area (Å²) < 4.78 is 94.6. The number of nitriles is 2. The highest BCUT2D eigenvalue weighted by atomic mass is 19.4. The lowest BCUT2D eigenvalue weighted by molar-refractivity contribution is -0.140. The second kappa shape index (κ2) is 26.9. The van der Waals surface area contributed by atoms with Crippen molar-refractivity contribution >= 4 is 47.2 Å². The minimum absolute atomic E-state index is 0.0172. The number of anilines is 2. The van der Waals surface area contributed by atoms with Crippen LogP contribution in [0.3, 0.4) is 0 Å². The molecule has 2 saturated heterocycles. The van der Waals surface area contributed by atoms with E-state index in [0.717, 1.165) is 88.3 Å². The predicted octanol–water partition coefficient (Wildman–Crippen LogP) is 9.27. The van der Waals surface area contributed by atoms with Crippen LogP contribution in [0.2, 0.25) is 0 Å². The maximum atomic E-state index is 14.7. The van der Waals surface area contributed by atoms with Gasteiger partial charge in [0.15, 0.2) is 0 Å². The van der Waals surface area contributed by atoms with E-state index < -0.39 is 84.5 Å². The van der Waals surface area contributed by atoms with Crippen molar-refractivity contribution in [1.82, 2.24) is 29.4 Å². The summed E-state index contributed by atoms with van der Waals surface area (Å²) in [6.45, 7) is 9.74. The van der Waals surface area contributed by atoms with E-state index in [1.807, 2.05) is 12.1 Å². The molecule has 4 aliphatic rings. The van der Waals surface area contributed by atoms with Crippen LogP contribution in [0.1, 0.15) is 92.4 Å². The minimum atomic E-state index is -4.75. The number of esters is 2. The fourth-order valence-electron chi connectivity index (χ4n) is 11.2. The second-order valence-corrected chi connectivity index (χ2v) is 20.8. The number of carbonyl (C=O) groups excluding carboxylic acids is 6. The molecule has 18 nitrogen and oxygen atoms in total. The molecular formula is C61H64F6N10O8. The molecule has 0 aliphatic carbocycles. The summed E-state index contributed by atoms with van der Waals surface area (Å²) in [5.74, 6) is -2.55. The van der Waals surface area contributed by atoms with Gasteiger partial charge in [-0.2, -0.15) is 36.9 Å². The third-order valence-corrected chi connectivity index (χ3v) is 15.6. The van der Waals surface area contributed by atoms with Crippen molar-refractivity contribution in [2.75, 3.05) is 102 Å². The molecule has 448 valence electrons. The molecule has 85 heavy (non-hydrogen) atoms. The van der Waals surface area contributed by atoms with Gasteiger partial charge in [-0.25, -0.2) is 19.2 Å². The number of piperazine rings is 2. The summed E-state index contributed by atoms with van der Waals surface area (Å²) in [5, 5.41) is 19.0. The Morgan fingerprint density at radius 3 is 1.20 bits per heavy atom. The zero-order valence-electron chi connectivity index (χ0n) is 47.4. The third kappa shape index (κ3) is 14.1. The maximum Gasteiger partial charge on any atom is 0.416 e. The summed E-state index contributed by atoms with van der Waals surface area (Å²) in [6, 6.07) is 20.5. The number of ether oxygens (including phenoxy) is 2. The van der Waals surface area contributed by atoms with Gasteiger partial charge in [0.2, 0.25) is 11.8 Å². The van der Waals surface area contributed by atoms with E-state index in [1.165, 1.54) is 50.2 Å². The molecule has 0 radical (unpaired) electrons. The number of nitrogens with zero attached hydrogens (tertiary/aromatic N) is 10. The van der Waals surface area contributed by atoms with Crippen molar-refractivity contribution in [3.8, 4) is 12.1 Å². The minimum Gasteiger partial charge on any atom is -0.463 e. The fourth-order valence-corrected chi connectivity index (χ4v) is 11.2. The van der Waals surface area contributed by atoms with Crippen molar-refractivity contribution < 1.29 is 64.6 Å². The number of allylic oxidation sites excluding steroid dienone is 2. The molecule has 4 heterocycles. The van der Waals surface area contributed by atoms with E-state index in [1.54, 1.807) is 47.9 Å². The average Bonchev–Trinajstić information content (AvgIpc) is 1.15. The Morgan fingerprint density at radius 2 is 0.882 bits per heavy atom. The number of benzene rings is 4. The highest BCUT2D eigenvalue weighted by molar-refractivity contribution is 6.06. The number of urea groups is 2. The number of alkyl halides is 6. The van der Waals surface area contributed by atoms with E-state index in [0.29, 0.717) is 74.6 Å². The van der Waals surface area contributed by atoms with Crippen LogP contribution in [0.15, 0.2) is 120 Å². The molecule has 0 saturated carbocycles. The molecule has 8 rings (SSSR count). The number of rotatable bonds is 18. The van der Waals surface area contributed by atoms with Gasteiger partial charge in [-0.15, -0.1) is 0 Å². The van der Waals surface area contributed by atoms with Gasteiger partial charge in [-0.3, -0.25) is 29.2 Å². The first-order valence-corrected chi connectivity index (χ1v) is 27.9. The van der Waals surface area contributed by atoms with E-state index in [2.05, 4.69) is 9.80 Å². The molecule has 4 aliphatic heterocycles. The highest BCUT2D eigenvalue weighted by Crippen LogP contribution is 2.44. The van der Waals surface area contributed by atoms with E-state index >= 15 is 0 Å². The second-order valence-electron chi connectivity index (χ2n) is 20.8. The van der Waals surface area contributed by atoms with Crippen LogP contribution < -0.4 is 9.80 Å². The van der Waals surface area contributed by atoms with Gasteiger partial charge < -0.3 is 29.1 Å². The van der Waals surface area contributed by atoms with Gasteiger partial charge in [-0.05, 0) is 125 Å². The Morgan fingerprint density at radius 1 is 0.529 bits per heavy atom. The first-order valence-electron chi connectivity index (χ1n) is 27.9. The van der Waals surface area contributed by atoms with Gasteiger partial charge in [0.25, 0.3) is 0 Å². The summed E-state index contributed by atoms with van der Waals surface area (Å²) >= 11 is 0. The zero-order valence-corrected chi connectivity index (χ0v) is 47.4. The van der Waals surface area contributed by atoms with Crippen LogP contribution in [-0.2, 0) is 41.0 Å². The SMILES string of the molecule is CCOC(=O)C1=C(C)N(c2cccc(C(F)(F)F)c2)C(=O)N(CC(=O)N2CCN(CCCCCN3CCN(C(=O)CN4C(=O)N(c5cccc(C(F)(F)F)c5)C(C)=C(C(=O)OCC)C4c4ccc(C#N)cc4)CC3)CC2)C1c1ccc(C#N)cc1. The number of unbranched alkanes of at least 4 members (excludes halogenated alkanes) is 2.